The Morgan fingerprint density at radius 1 is 0.917 bits per heavy atom. The summed E-state index contributed by atoms with van der Waals surface area (Å²) in [7, 11) is 4.84. The lowest BCUT2D eigenvalue weighted by molar-refractivity contribution is -0.116. The van der Waals surface area contributed by atoms with Gasteiger partial charge in [-0.2, -0.15) is 5.10 Å². The molecular formula is C29H29N3O4. The van der Waals surface area contributed by atoms with Crippen LogP contribution in [0.1, 0.15) is 11.1 Å². The first kappa shape index (κ1) is 24.6. The zero-order valence-electron chi connectivity index (χ0n) is 20.6. The highest BCUT2D eigenvalue weighted by Gasteiger charge is 2.14. The fourth-order valence-corrected chi connectivity index (χ4v) is 3.78. The standard InChI is InChI=1S/C29H29N3O4/c1-34-25-13-9-21(10-14-25)17-18-30-28(33)16-12-23-20-32(24-7-5-4-6-8-24)31-29(23)22-11-15-26(35-2)27(19-22)36-3/h4-16,19-20H,17-18H2,1-3H3,(H,30,33)/b16-12+. The van der Waals surface area contributed by atoms with Gasteiger partial charge in [-0.1, -0.05) is 30.3 Å². The Bertz CT molecular complexity index is 1330. The summed E-state index contributed by atoms with van der Waals surface area (Å²) < 4.78 is 17.8. The fraction of sp³-hybridized carbons (Fsp3) is 0.172. The van der Waals surface area contributed by atoms with E-state index in [4.69, 9.17) is 19.3 Å². The number of nitrogens with zero attached hydrogens (tertiary/aromatic N) is 2. The summed E-state index contributed by atoms with van der Waals surface area (Å²) in [6.07, 6.45) is 5.95. The fourth-order valence-electron chi connectivity index (χ4n) is 3.78. The third kappa shape index (κ3) is 5.93. The molecule has 1 heterocycles. The molecule has 4 rings (SSSR count). The summed E-state index contributed by atoms with van der Waals surface area (Å²) in [5, 5.41) is 7.74. The summed E-state index contributed by atoms with van der Waals surface area (Å²) >= 11 is 0. The normalized spacial score (nSPS) is 10.9. The van der Waals surface area contributed by atoms with E-state index in [1.54, 1.807) is 32.1 Å². The highest BCUT2D eigenvalue weighted by Crippen LogP contribution is 2.33. The number of rotatable bonds is 10. The summed E-state index contributed by atoms with van der Waals surface area (Å²) in [5.41, 5.74) is 4.42. The van der Waals surface area contributed by atoms with E-state index < -0.39 is 0 Å². The van der Waals surface area contributed by atoms with Crippen molar-refractivity contribution in [1.29, 1.82) is 0 Å². The van der Waals surface area contributed by atoms with Crippen LogP contribution in [0.2, 0.25) is 0 Å². The molecule has 0 spiro atoms. The largest absolute Gasteiger partial charge is 0.497 e. The number of carbonyl (C=O) groups excluding carboxylic acids is 1. The second-order valence-electron chi connectivity index (χ2n) is 8.01. The Morgan fingerprint density at radius 2 is 1.67 bits per heavy atom. The zero-order chi connectivity index (χ0) is 25.3. The van der Waals surface area contributed by atoms with Gasteiger partial charge >= 0.3 is 0 Å². The van der Waals surface area contributed by atoms with Crippen molar-refractivity contribution in [3.63, 3.8) is 0 Å². The molecule has 1 amide bonds. The van der Waals surface area contributed by atoms with Crippen LogP contribution in [0.25, 0.3) is 23.0 Å². The second-order valence-corrected chi connectivity index (χ2v) is 8.01. The first-order valence-electron chi connectivity index (χ1n) is 11.6. The maximum absolute atomic E-state index is 12.5. The molecule has 1 aromatic heterocycles. The minimum atomic E-state index is -0.172. The monoisotopic (exact) mass is 483 g/mol. The van der Waals surface area contributed by atoms with Gasteiger partial charge in [0.05, 0.1) is 27.0 Å². The SMILES string of the molecule is COc1ccc(CCNC(=O)/C=C/c2cn(-c3ccccc3)nc2-c2ccc(OC)c(OC)c2)cc1. The van der Waals surface area contributed by atoms with E-state index >= 15 is 0 Å². The number of nitrogens with one attached hydrogen (secondary N) is 1. The van der Waals surface area contributed by atoms with Crippen molar-refractivity contribution in [1.82, 2.24) is 15.1 Å². The number of methoxy groups -OCH3 is 3. The molecule has 0 unspecified atom stereocenters. The zero-order valence-corrected chi connectivity index (χ0v) is 20.6. The highest BCUT2D eigenvalue weighted by atomic mass is 16.5. The number of aromatic nitrogens is 2. The number of benzene rings is 3. The van der Waals surface area contributed by atoms with Gasteiger partial charge in [-0.05, 0) is 60.5 Å². The van der Waals surface area contributed by atoms with Crippen LogP contribution in [-0.4, -0.2) is 43.6 Å². The topological polar surface area (TPSA) is 74.6 Å². The molecule has 36 heavy (non-hydrogen) atoms. The average molecular weight is 484 g/mol. The third-order valence-corrected chi connectivity index (χ3v) is 5.71. The van der Waals surface area contributed by atoms with Crippen LogP contribution in [0, 0.1) is 0 Å². The predicted molar refractivity (Wildman–Crippen MR) is 141 cm³/mol. The Morgan fingerprint density at radius 3 is 2.36 bits per heavy atom. The Labute approximate surface area is 210 Å². The number of hydrogen-bond acceptors (Lipinski definition) is 5. The minimum Gasteiger partial charge on any atom is -0.497 e. The van der Waals surface area contributed by atoms with Crippen LogP contribution in [0.15, 0.2) is 85.1 Å². The first-order chi connectivity index (χ1) is 17.6. The van der Waals surface area contributed by atoms with E-state index in [1.165, 1.54) is 6.08 Å². The molecule has 0 aliphatic carbocycles. The lowest BCUT2D eigenvalue weighted by atomic mass is 10.1. The van der Waals surface area contributed by atoms with Gasteiger partial charge in [-0.15, -0.1) is 0 Å². The van der Waals surface area contributed by atoms with Crippen molar-refractivity contribution >= 4 is 12.0 Å². The van der Waals surface area contributed by atoms with Crippen LogP contribution < -0.4 is 19.5 Å². The molecule has 7 nitrogen and oxygen atoms in total. The molecule has 3 aromatic carbocycles. The number of para-hydroxylation sites is 1. The molecule has 0 saturated carbocycles. The molecular weight excluding hydrogens is 454 g/mol. The van der Waals surface area contributed by atoms with Gasteiger partial charge in [0.15, 0.2) is 11.5 Å². The smallest absolute Gasteiger partial charge is 0.244 e. The van der Waals surface area contributed by atoms with Crippen molar-refractivity contribution in [2.24, 2.45) is 0 Å². The number of carbonyl (C=O) groups is 1. The van der Waals surface area contributed by atoms with Crippen LogP contribution in [0.3, 0.4) is 0 Å². The molecule has 7 heteroatoms. The van der Waals surface area contributed by atoms with Gasteiger partial charge in [-0.25, -0.2) is 4.68 Å². The molecule has 0 atom stereocenters. The van der Waals surface area contributed by atoms with E-state index in [2.05, 4.69) is 5.32 Å². The molecule has 0 aliphatic rings. The Kier molecular flexibility index (Phi) is 8.03. The van der Waals surface area contributed by atoms with E-state index in [-0.39, 0.29) is 5.91 Å². The molecule has 0 bridgehead atoms. The predicted octanol–water partition coefficient (Wildman–Crippen LogP) is 4.94. The molecule has 0 fully saturated rings. The number of amides is 1. The van der Waals surface area contributed by atoms with Crippen LogP contribution in [0.4, 0.5) is 0 Å². The van der Waals surface area contributed by atoms with Crippen LogP contribution in [-0.2, 0) is 11.2 Å². The molecule has 184 valence electrons. The average Bonchev–Trinajstić information content (AvgIpc) is 3.36. The van der Waals surface area contributed by atoms with E-state index in [1.807, 2.05) is 79.0 Å². The van der Waals surface area contributed by atoms with Crippen molar-refractivity contribution in [2.75, 3.05) is 27.9 Å². The van der Waals surface area contributed by atoms with Gasteiger partial charge in [-0.3, -0.25) is 4.79 Å². The maximum atomic E-state index is 12.5. The quantitative estimate of drug-likeness (QED) is 0.324. The number of hydrogen-bond donors (Lipinski definition) is 1. The first-order valence-corrected chi connectivity index (χ1v) is 11.6. The summed E-state index contributed by atoms with van der Waals surface area (Å²) in [6, 6.07) is 23.3. The molecule has 4 aromatic rings. The van der Waals surface area contributed by atoms with E-state index in [0.29, 0.717) is 18.0 Å². The van der Waals surface area contributed by atoms with E-state index in [0.717, 1.165) is 40.2 Å². The lowest BCUT2D eigenvalue weighted by Gasteiger charge is -2.09. The van der Waals surface area contributed by atoms with Crippen molar-refractivity contribution in [3.05, 3.63) is 96.2 Å². The third-order valence-electron chi connectivity index (χ3n) is 5.71. The molecule has 0 radical (unpaired) electrons. The van der Waals surface area contributed by atoms with E-state index in [9.17, 15) is 4.79 Å². The summed E-state index contributed by atoms with van der Waals surface area (Å²) in [5.74, 6) is 1.88. The van der Waals surface area contributed by atoms with Gasteiger partial charge in [0.25, 0.3) is 0 Å². The number of ether oxygens (including phenoxy) is 3. The maximum Gasteiger partial charge on any atom is 0.244 e. The Balaban J connectivity index is 1.53. The Hall–Kier alpha value is -4.52. The van der Waals surface area contributed by atoms with Gasteiger partial charge < -0.3 is 19.5 Å². The molecule has 0 aliphatic heterocycles. The van der Waals surface area contributed by atoms with Gasteiger partial charge in [0.2, 0.25) is 5.91 Å². The highest BCUT2D eigenvalue weighted by molar-refractivity contribution is 5.92. The lowest BCUT2D eigenvalue weighted by Crippen LogP contribution is -2.23. The summed E-state index contributed by atoms with van der Waals surface area (Å²) in [6.45, 7) is 0.529. The van der Waals surface area contributed by atoms with Crippen molar-refractivity contribution in [2.45, 2.75) is 6.42 Å². The van der Waals surface area contributed by atoms with Gasteiger partial charge in [0, 0.05) is 29.9 Å². The molecule has 1 N–H and O–H groups in total. The second kappa shape index (κ2) is 11.8. The minimum absolute atomic E-state index is 0.172. The van der Waals surface area contributed by atoms with Crippen molar-refractivity contribution in [3.8, 4) is 34.2 Å². The van der Waals surface area contributed by atoms with Gasteiger partial charge in [0.1, 0.15) is 11.4 Å². The van der Waals surface area contributed by atoms with Crippen LogP contribution >= 0.6 is 0 Å². The summed E-state index contributed by atoms with van der Waals surface area (Å²) in [4.78, 5) is 12.5. The van der Waals surface area contributed by atoms with Crippen LogP contribution in [0.5, 0.6) is 17.2 Å². The molecule has 0 saturated heterocycles. The van der Waals surface area contributed by atoms with Crippen molar-refractivity contribution < 1.29 is 19.0 Å².